The minimum absolute atomic E-state index is 0.214. The molecule has 102 valence electrons. The Labute approximate surface area is 113 Å². The number of hydrogen-bond donors (Lipinski definition) is 3. The first-order valence-corrected chi connectivity index (χ1v) is 6.64. The fourth-order valence-electron chi connectivity index (χ4n) is 1.79. The van der Waals surface area contributed by atoms with Gasteiger partial charge in [-0.05, 0) is 18.8 Å². The molecule has 1 aromatic rings. The van der Waals surface area contributed by atoms with Gasteiger partial charge in [-0.15, -0.1) is 0 Å². The van der Waals surface area contributed by atoms with Crippen molar-refractivity contribution in [3.8, 4) is 0 Å². The van der Waals surface area contributed by atoms with Crippen LogP contribution in [-0.2, 0) is 0 Å². The molecule has 0 aliphatic rings. The van der Waals surface area contributed by atoms with E-state index in [1.807, 2.05) is 0 Å². The lowest BCUT2D eigenvalue weighted by atomic mass is 10.0. The number of aromatic nitrogens is 2. The van der Waals surface area contributed by atoms with Crippen molar-refractivity contribution in [3.05, 3.63) is 11.2 Å². The lowest BCUT2D eigenvalue weighted by Gasteiger charge is -2.16. The first-order chi connectivity index (χ1) is 8.71. The Morgan fingerprint density at radius 3 is 2.83 bits per heavy atom. The Hall–Kier alpha value is -1.07. The summed E-state index contributed by atoms with van der Waals surface area (Å²) >= 11 is 6.03. The Bertz CT molecular complexity index is 356. The van der Waals surface area contributed by atoms with Crippen LogP contribution >= 0.6 is 11.6 Å². The van der Waals surface area contributed by atoms with Gasteiger partial charge < -0.3 is 15.7 Å². The van der Waals surface area contributed by atoms with E-state index in [4.69, 9.17) is 16.7 Å². The van der Waals surface area contributed by atoms with Gasteiger partial charge in [0, 0.05) is 20.2 Å². The zero-order valence-electron chi connectivity index (χ0n) is 10.9. The molecule has 0 saturated heterocycles. The zero-order chi connectivity index (χ0) is 13.4. The molecule has 0 aliphatic carbocycles. The van der Waals surface area contributed by atoms with Crippen molar-refractivity contribution in [3.63, 3.8) is 0 Å². The zero-order valence-corrected chi connectivity index (χ0v) is 11.7. The highest BCUT2D eigenvalue weighted by Gasteiger charge is 2.09. The van der Waals surface area contributed by atoms with Crippen molar-refractivity contribution < 1.29 is 5.11 Å². The van der Waals surface area contributed by atoms with Crippen molar-refractivity contribution in [1.82, 2.24) is 9.97 Å². The van der Waals surface area contributed by atoms with Crippen LogP contribution in [0, 0.1) is 5.92 Å². The van der Waals surface area contributed by atoms with Gasteiger partial charge in [-0.2, -0.15) is 4.98 Å². The molecular weight excluding hydrogens is 252 g/mol. The quantitative estimate of drug-likeness (QED) is 0.678. The standard InChI is InChI=1S/C12H21ClN4O/c1-3-4-9(5-6-18)7-15-11-10(13)8-16-12(14-2)17-11/h8-9,18H,3-7H2,1-2H3,(H2,14,15,16,17). The summed E-state index contributed by atoms with van der Waals surface area (Å²) in [7, 11) is 1.76. The summed E-state index contributed by atoms with van der Waals surface area (Å²) in [5.41, 5.74) is 0. The molecule has 6 heteroatoms. The second kappa shape index (κ2) is 8.11. The van der Waals surface area contributed by atoms with Crippen LogP contribution in [0.3, 0.4) is 0 Å². The van der Waals surface area contributed by atoms with Crippen LogP contribution < -0.4 is 10.6 Å². The number of anilines is 2. The molecule has 1 heterocycles. The second-order valence-electron chi connectivity index (χ2n) is 4.19. The highest BCUT2D eigenvalue weighted by atomic mass is 35.5. The third-order valence-electron chi connectivity index (χ3n) is 2.76. The number of nitrogens with one attached hydrogen (secondary N) is 2. The number of rotatable bonds is 8. The normalized spacial score (nSPS) is 12.2. The maximum Gasteiger partial charge on any atom is 0.224 e. The van der Waals surface area contributed by atoms with E-state index in [0.717, 1.165) is 25.8 Å². The highest BCUT2D eigenvalue weighted by Crippen LogP contribution is 2.20. The Kier molecular flexibility index (Phi) is 6.75. The van der Waals surface area contributed by atoms with E-state index in [0.29, 0.717) is 22.7 Å². The van der Waals surface area contributed by atoms with E-state index in [2.05, 4.69) is 27.5 Å². The molecule has 0 fully saturated rings. The average Bonchev–Trinajstić information content (AvgIpc) is 2.38. The predicted molar refractivity (Wildman–Crippen MR) is 75.2 cm³/mol. The fourth-order valence-corrected chi connectivity index (χ4v) is 1.95. The first kappa shape index (κ1) is 15.0. The fraction of sp³-hybridized carbons (Fsp3) is 0.667. The van der Waals surface area contributed by atoms with Gasteiger partial charge in [-0.3, -0.25) is 0 Å². The number of nitrogens with zero attached hydrogens (tertiary/aromatic N) is 2. The van der Waals surface area contributed by atoms with Gasteiger partial charge >= 0.3 is 0 Å². The average molecular weight is 273 g/mol. The van der Waals surface area contributed by atoms with E-state index in [1.165, 1.54) is 0 Å². The molecular formula is C12H21ClN4O. The summed E-state index contributed by atoms with van der Waals surface area (Å²) in [5.74, 6) is 1.61. The van der Waals surface area contributed by atoms with Crippen LogP contribution in [0.5, 0.6) is 0 Å². The van der Waals surface area contributed by atoms with Gasteiger partial charge in [0.25, 0.3) is 0 Å². The van der Waals surface area contributed by atoms with Crippen LogP contribution in [0.2, 0.25) is 5.02 Å². The van der Waals surface area contributed by atoms with Crippen LogP contribution in [0.4, 0.5) is 11.8 Å². The summed E-state index contributed by atoms with van der Waals surface area (Å²) in [5, 5.41) is 15.6. The minimum Gasteiger partial charge on any atom is -0.396 e. The second-order valence-corrected chi connectivity index (χ2v) is 4.60. The van der Waals surface area contributed by atoms with Crippen molar-refractivity contribution in [2.45, 2.75) is 26.2 Å². The molecule has 0 amide bonds. The number of aliphatic hydroxyl groups excluding tert-OH is 1. The van der Waals surface area contributed by atoms with Gasteiger partial charge in [0.2, 0.25) is 5.95 Å². The smallest absolute Gasteiger partial charge is 0.224 e. The molecule has 1 aromatic heterocycles. The molecule has 0 saturated carbocycles. The van der Waals surface area contributed by atoms with Crippen molar-refractivity contribution in [1.29, 1.82) is 0 Å². The van der Waals surface area contributed by atoms with Crippen LogP contribution in [0.1, 0.15) is 26.2 Å². The third-order valence-corrected chi connectivity index (χ3v) is 3.04. The van der Waals surface area contributed by atoms with E-state index in [1.54, 1.807) is 13.2 Å². The predicted octanol–water partition coefficient (Wildman–Crippen LogP) is 2.38. The Morgan fingerprint density at radius 2 is 2.22 bits per heavy atom. The Morgan fingerprint density at radius 1 is 1.44 bits per heavy atom. The topological polar surface area (TPSA) is 70.1 Å². The van der Waals surface area contributed by atoms with E-state index in [-0.39, 0.29) is 6.61 Å². The summed E-state index contributed by atoms with van der Waals surface area (Å²) in [6.45, 7) is 3.11. The van der Waals surface area contributed by atoms with E-state index in [9.17, 15) is 0 Å². The molecule has 1 rings (SSSR count). The van der Waals surface area contributed by atoms with Crippen molar-refractivity contribution in [2.75, 3.05) is 30.8 Å². The van der Waals surface area contributed by atoms with Crippen LogP contribution in [0.25, 0.3) is 0 Å². The number of hydrogen-bond acceptors (Lipinski definition) is 5. The summed E-state index contributed by atoms with van der Waals surface area (Å²) in [6, 6.07) is 0. The SMILES string of the molecule is CCCC(CCO)CNc1nc(NC)ncc1Cl. The lowest BCUT2D eigenvalue weighted by Crippen LogP contribution is -2.17. The molecule has 0 bridgehead atoms. The first-order valence-electron chi connectivity index (χ1n) is 6.26. The van der Waals surface area contributed by atoms with Crippen LogP contribution in [-0.4, -0.2) is 35.3 Å². The molecule has 0 aliphatic heterocycles. The van der Waals surface area contributed by atoms with Gasteiger partial charge in [-0.1, -0.05) is 24.9 Å². The molecule has 0 aromatic carbocycles. The highest BCUT2D eigenvalue weighted by molar-refractivity contribution is 6.32. The van der Waals surface area contributed by atoms with Crippen molar-refractivity contribution >= 4 is 23.4 Å². The molecule has 0 radical (unpaired) electrons. The molecule has 0 spiro atoms. The Balaban J connectivity index is 2.60. The summed E-state index contributed by atoms with van der Waals surface area (Å²) in [6.07, 6.45) is 4.55. The van der Waals surface area contributed by atoms with E-state index >= 15 is 0 Å². The minimum atomic E-state index is 0.214. The largest absolute Gasteiger partial charge is 0.396 e. The third kappa shape index (κ3) is 4.66. The summed E-state index contributed by atoms with van der Waals surface area (Å²) in [4.78, 5) is 8.28. The van der Waals surface area contributed by atoms with E-state index < -0.39 is 0 Å². The van der Waals surface area contributed by atoms with Gasteiger partial charge in [0.1, 0.15) is 10.8 Å². The van der Waals surface area contributed by atoms with Gasteiger partial charge in [0.05, 0.1) is 6.20 Å². The van der Waals surface area contributed by atoms with Gasteiger partial charge in [-0.25, -0.2) is 4.98 Å². The van der Waals surface area contributed by atoms with Gasteiger partial charge in [0.15, 0.2) is 0 Å². The monoisotopic (exact) mass is 272 g/mol. The molecule has 5 nitrogen and oxygen atoms in total. The lowest BCUT2D eigenvalue weighted by molar-refractivity contribution is 0.255. The number of aliphatic hydroxyl groups is 1. The maximum absolute atomic E-state index is 9.01. The van der Waals surface area contributed by atoms with Crippen LogP contribution in [0.15, 0.2) is 6.20 Å². The molecule has 3 N–H and O–H groups in total. The molecule has 18 heavy (non-hydrogen) atoms. The number of halogens is 1. The summed E-state index contributed by atoms with van der Waals surface area (Å²) < 4.78 is 0. The molecule has 1 unspecified atom stereocenters. The van der Waals surface area contributed by atoms with Crippen molar-refractivity contribution in [2.24, 2.45) is 5.92 Å². The molecule has 1 atom stereocenters. The maximum atomic E-state index is 9.01.